The number of nitrogens with one attached hydrogen (secondary N) is 3. The number of thiocarbonyl (C=S) groups is 1. The lowest BCUT2D eigenvalue weighted by atomic mass is 10.3. The lowest BCUT2D eigenvalue weighted by Gasteiger charge is -2.31. The van der Waals surface area contributed by atoms with Crippen LogP contribution in [-0.4, -0.2) is 17.6 Å². The number of hydrogen-bond donors (Lipinski definition) is 4. The zero-order valence-electron chi connectivity index (χ0n) is 5.85. The van der Waals surface area contributed by atoms with Crippen molar-refractivity contribution in [2.75, 3.05) is 0 Å². The molecule has 0 aliphatic carbocycles. The molecule has 58 valence electrons. The van der Waals surface area contributed by atoms with E-state index in [0.717, 1.165) is 6.42 Å². The number of nitrogens with two attached hydrogens (primary N) is 1. The van der Waals surface area contributed by atoms with Crippen LogP contribution in [0.1, 0.15) is 13.3 Å². The Morgan fingerprint density at radius 2 is 2.30 bits per heavy atom. The Labute approximate surface area is 65.5 Å². The molecule has 1 aliphatic rings. The first-order valence-corrected chi connectivity index (χ1v) is 3.72. The quantitative estimate of drug-likeness (QED) is 0.372. The van der Waals surface area contributed by atoms with Gasteiger partial charge in [-0.2, -0.15) is 0 Å². The predicted octanol–water partition coefficient (Wildman–Crippen LogP) is -0.968. The molecular weight excluding hydrogens is 148 g/mol. The van der Waals surface area contributed by atoms with Crippen LogP contribution < -0.4 is 21.7 Å². The summed E-state index contributed by atoms with van der Waals surface area (Å²) in [4.78, 5) is 0. The van der Waals surface area contributed by atoms with E-state index in [9.17, 15) is 0 Å². The van der Waals surface area contributed by atoms with Gasteiger partial charge in [0.15, 0.2) is 5.11 Å². The summed E-state index contributed by atoms with van der Waals surface area (Å²) in [5, 5.41) is 9.54. The summed E-state index contributed by atoms with van der Waals surface area (Å²) in [5.74, 6) is 0. The Bertz CT molecular complexity index is 138. The Hall–Kier alpha value is -0.390. The van der Waals surface area contributed by atoms with Crippen LogP contribution in [0.4, 0.5) is 0 Å². The largest absolute Gasteiger partial charge is 0.347 e. The molecule has 1 fully saturated rings. The van der Waals surface area contributed by atoms with Crippen molar-refractivity contribution < 1.29 is 0 Å². The molecule has 5 heteroatoms. The summed E-state index contributed by atoms with van der Waals surface area (Å²) in [6, 6.07) is 0. The van der Waals surface area contributed by atoms with Gasteiger partial charge < -0.3 is 10.6 Å². The second kappa shape index (κ2) is 3.14. The summed E-state index contributed by atoms with van der Waals surface area (Å²) in [7, 11) is 0. The van der Waals surface area contributed by atoms with Gasteiger partial charge >= 0.3 is 0 Å². The summed E-state index contributed by atoms with van der Waals surface area (Å²) in [6.45, 7) is 2.06. The maximum atomic E-state index is 5.54. The SMILES string of the molecule is CCC1NC(=S)NC(N)N1. The fourth-order valence-corrected chi connectivity index (χ4v) is 1.13. The van der Waals surface area contributed by atoms with Crippen LogP contribution in [-0.2, 0) is 0 Å². The predicted molar refractivity (Wildman–Crippen MR) is 44.1 cm³/mol. The second-order valence-corrected chi connectivity index (χ2v) is 2.63. The van der Waals surface area contributed by atoms with E-state index in [1.165, 1.54) is 0 Å². The Morgan fingerprint density at radius 1 is 1.60 bits per heavy atom. The average molecular weight is 160 g/mol. The van der Waals surface area contributed by atoms with Crippen LogP contribution in [0, 0.1) is 0 Å². The first-order chi connectivity index (χ1) is 4.72. The van der Waals surface area contributed by atoms with E-state index in [4.69, 9.17) is 18.0 Å². The molecule has 2 unspecified atom stereocenters. The highest BCUT2D eigenvalue weighted by Crippen LogP contribution is 1.90. The lowest BCUT2D eigenvalue weighted by Crippen LogP contribution is -2.67. The van der Waals surface area contributed by atoms with E-state index in [1.54, 1.807) is 0 Å². The molecule has 1 aliphatic heterocycles. The van der Waals surface area contributed by atoms with E-state index in [0.29, 0.717) is 5.11 Å². The van der Waals surface area contributed by atoms with Crippen molar-refractivity contribution in [2.24, 2.45) is 5.73 Å². The Balaban J connectivity index is 2.42. The molecule has 0 saturated carbocycles. The topological polar surface area (TPSA) is 62.1 Å². The minimum absolute atomic E-state index is 0.210. The van der Waals surface area contributed by atoms with Crippen LogP contribution in [0.15, 0.2) is 0 Å². The van der Waals surface area contributed by atoms with Crippen LogP contribution >= 0.6 is 12.2 Å². The Morgan fingerprint density at radius 3 is 2.80 bits per heavy atom. The van der Waals surface area contributed by atoms with Crippen molar-refractivity contribution in [3.63, 3.8) is 0 Å². The molecule has 1 rings (SSSR count). The summed E-state index contributed by atoms with van der Waals surface area (Å²) in [6.07, 6.45) is 0.970. The smallest absolute Gasteiger partial charge is 0.169 e. The van der Waals surface area contributed by atoms with Gasteiger partial charge in [-0.15, -0.1) is 0 Å². The average Bonchev–Trinajstić information content (AvgIpc) is 1.85. The minimum atomic E-state index is -0.210. The molecule has 4 nitrogen and oxygen atoms in total. The van der Waals surface area contributed by atoms with Gasteiger partial charge in [-0.1, -0.05) is 6.92 Å². The van der Waals surface area contributed by atoms with Gasteiger partial charge in [0.05, 0.1) is 6.17 Å². The van der Waals surface area contributed by atoms with Crippen molar-refractivity contribution in [1.29, 1.82) is 0 Å². The fourth-order valence-electron chi connectivity index (χ4n) is 0.861. The van der Waals surface area contributed by atoms with Gasteiger partial charge in [-0.05, 0) is 18.6 Å². The third kappa shape index (κ3) is 1.80. The van der Waals surface area contributed by atoms with E-state index in [1.807, 2.05) is 0 Å². The molecular formula is C5H12N4S. The molecule has 0 bridgehead atoms. The van der Waals surface area contributed by atoms with Gasteiger partial charge in [0.25, 0.3) is 0 Å². The minimum Gasteiger partial charge on any atom is -0.347 e. The third-order valence-corrected chi connectivity index (χ3v) is 1.62. The lowest BCUT2D eigenvalue weighted by molar-refractivity contribution is 0.353. The van der Waals surface area contributed by atoms with Crippen molar-refractivity contribution in [3.8, 4) is 0 Å². The fraction of sp³-hybridized carbons (Fsp3) is 0.800. The Kier molecular flexibility index (Phi) is 2.42. The maximum absolute atomic E-state index is 5.54. The van der Waals surface area contributed by atoms with Crippen LogP contribution in [0.25, 0.3) is 0 Å². The molecule has 0 amide bonds. The van der Waals surface area contributed by atoms with E-state index < -0.39 is 0 Å². The molecule has 0 radical (unpaired) electrons. The van der Waals surface area contributed by atoms with E-state index >= 15 is 0 Å². The summed E-state index contributed by atoms with van der Waals surface area (Å²) >= 11 is 4.88. The van der Waals surface area contributed by atoms with E-state index in [2.05, 4.69) is 22.9 Å². The van der Waals surface area contributed by atoms with Crippen LogP contribution in [0.3, 0.4) is 0 Å². The van der Waals surface area contributed by atoms with Gasteiger partial charge in [0.2, 0.25) is 0 Å². The highest BCUT2D eigenvalue weighted by molar-refractivity contribution is 7.80. The number of hydrogen-bond acceptors (Lipinski definition) is 3. The molecule has 0 aromatic heterocycles. The summed E-state index contributed by atoms with van der Waals surface area (Å²) < 4.78 is 0. The first kappa shape index (κ1) is 7.71. The zero-order chi connectivity index (χ0) is 7.56. The molecule has 5 N–H and O–H groups in total. The van der Waals surface area contributed by atoms with Crippen molar-refractivity contribution in [3.05, 3.63) is 0 Å². The highest BCUT2D eigenvalue weighted by atomic mass is 32.1. The van der Waals surface area contributed by atoms with Crippen molar-refractivity contribution >= 4 is 17.3 Å². The third-order valence-electron chi connectivity index (χ3n) is 1.38. The van der Waals surface area contributed by atoms with Crippen LogP contribution in [0.2, 0.25) is 0 Å². The molecule has 0 aromatic carbocycles. The maximum Gasteiger partial charge on any atom is 0.169 e. The molecule has 2 atom stereocenters. The van der Waals surface area contributed by atoms with Gasteiger partial charge in [-0.25, -0.2) is 0 Å². The number of rotatable bonds is 1. The van der Waals surface area contributed by atoms with Gasteiger partial charge in [-0.3, -0.25) is 11.1 Å². The standard InChI is InChI=1S/C5H12N4S/c1-2-3-7-4(6)9-5(10)8-3/h3-4,7H,2,6H2,1H3,(H2,8,9,10). The molecule has 0 spiro atoms. The van der Waals surface area contributed by atoms with Crippen LogP contribution in [0.5, 0.6) is 0 Å². The van der Waals surface area contributed by atoms with Gasteiger partial charge in [0.1, 0.15) is 6.29 Å². The molecule has 10 heavy (non-hydrogen) atoms. The summed E-state index contributed by atoms with van der Waals surface area (Å²) in [5.41, 5.74) is 5.54. The van der Waals surface area contributed by atoms with Gasteiger partial charge in [0, 0.05) is 0 Å². The molecule has 0 aromatic rings. The second-order valence-electron chi connectivity index (χ2n) is 2.22. The van der Waals surface area contributed by atoms with Crippen molar-refractivity contribution in [2.45, 2.75) is 25.8 Å². The monoisotopic (exact) mass is 160 g/mol. The van der Waals surface area contributed by atoms with E-state index in [-0.39, 0.29) is 12.5 Å². The zero-order valence-corrected chi connectivity index (χ0v) is 6.66. The molecule has 1 heterocycles. The highest BCUT2D eigenvalue weighted by Gasteiger charge is 2.16. The van der Waals surface area contributed by atoms with Crippen molar-refractivity contribution in [1.82, 2.24) is 16.0 Å². The first-order valence-electron chi connectivity index (χ1n) is 3.31. The molecule has 1 saturated heterocycles. The normalized spacial score (nSPS) is 32.8.